The number of aryl methyl sites for hydroxylation is 1. The molecule has 1 heterocycles. The lowest BCUT2D eigenvalue weighted by atomic mass is 10.1. The van der Waals surface area contributed by atoms with Crippen LogP contribution in [-0.4, -0.2) is 34.0 Å². The predicted octanol–water partition coefficient (Wildman–Crippen LogP) is 4.79. The summed E-state index contributed by atoms with van der Waals surface area (Å²) in [7, 11) is 0. The van der Waals surface area contributed by atoms with Gasteiger partial charge in [-0.25, -0.2) is 0 Å². The van der Waals surface area contributed by atoms with Gasteiger partial charge >= 0.3 is 0 Å². The quantitative estimate of drug-likeness (QED) is 0.520. The van der Waals surface area contributed by atoms with Crippen molar-refractivity contribution in [2.75, 3.05) is 13.1 Å². The van der Waals surface area contributed by atoms with E-state index in [0.29, 0.717) is 37.1 Å². The Morgan fingerprint density at radius 1 is 1.14 bits per heavy atom. The van der Waals surface area contributed by atoms with Crippen molar-refractivity contribution in [1.29, 1.82) is 0 Å². The zero-order valence-corrected chi connectivity index (χ0v) is 17.2. The van der Waals surface area contributed by atoms with Gasteiger partial charge in [-0.15, -0.1) is 0 Å². The molecule has 0 saturated carbocycles. The van der Waals surface area contributed by atoms with Crippen molar-refractivity contribution in [3.05, 3.63) is 77.7 Å². The molecule has 0 aliphatic carbocycles. The Morgan fingerprint density at radius 3 is 2.66 bits per heavy atom. The highest BCUT2D eigenvalue weighted by Gasteiger charge is 2.15. The largest absolute Gasteiger partial charge is 0.339 e. The number of amides is 1. The Balaban J connectivity index is 1.65. The molecular formula is C24H27N3O2. The van der Waals surface area contributed by atoms with E-state index >= 15 is 0 Å². The van der Waals surface area contributed by atoms with Gasteiger partial charge < -0.3 is 9.42 Å². The van der Waals surface area contributed by atoms with Crippen LogP contribution < -0.4 is 0 Å². The number of nitrogens with zero attached hydrogens (tertiary/aromatic N) is 3. The van der Waals surface area contributed by atoms with Crippen molar-refractivity contribution in [2.45, 2.75) is 27.2 Å². The Hall–Kier alpha value is -3.21. The fraction of sp³-hybridized carbons (Fsp3) is 0.292. The molecule has 0 unspecified atom stereocenters. The molecule has 150 valence electrons. The molecule has 5 nitrogen and oxygen atoms in total. The van der Waals surface area contributed by atoms with Crippen LogP contribution in [0.2, 0.25) is 0 Å². The van der Waals surface area contributed by atoms with E-state index in [1.165, 1.54) is 0 Å². The molecule has 1 aromatic heterocycles. The van der Waals surface area contributed by atoms with Crippen LogP contribution in [0.3, 0.4) is 0 Å². The zero-order chi connectivity index (χ0) is 20.6. The van der Waals surface area contributed by atoms with Crippen LogP contribution in [-0.2, 0) is 11.2 Å². The van der Waals surface area contributed by atoms with Gasteiger partial charge in [-0.2, -0.15) is 4.98 Å². The summed E-state index contributed by atoms with van der Waals surface area (Å²) in [6, 6.07) is 17.8. The maximum Gasteiger partial charge on any atom is 0.246 e. The number of benzene rings is 2. The second kappa shape index (κ2) is 9.82. The molecule has 3 aromatic rings. The molecular weight excluding hydrogens is 362 g/mol. The average Bonchev–Trinajstić information content (AvgIpc) is 3.19. The molecule has 0 aliphatic rings. The predicted molar refractivity (Wildman–Crippen MR) is 115 cm³/mol. The van der Waals surface area contributed by atoms with Crippen LogP contribution >= 0.6 is 0 Å². The lowest BCUT2D eigenvalue weighted by molar-refractivity contribution is -0.126. The molecule has 29 heavy (non-hydrogen) atoms. The van der Waals surface area contributed by atoms with E-state index in [4.69, 9.17) is 4.52 Å². The first-order valence-electron chi connectivity index (χ1n) is 9.93. The fourth-order valence-electron chi connectivity index (χ4n) is 3.06. The minimum atomic E-state index is -0.0130. The van der Waals surface area contributed by atoms with Gasteiger partial charge in [0.15, 0.2) is 0 Å². The van der Waals surface area contributed by atoms with Crippen molar-refractivity contribution in [1.82, 2.24) is 15.0 Å². The van der Waals surface area contributed by atoms with Gasteiger partial charge in [0.1, 0.15) is 0 Å². The lowest BCUT2D eigenvalue weighted by Crippen LogP contribution is -2.34. The van der Waals surface area contributed by atoms with Crippen LogP contribution in [0.4, 0.5) is 0 Å². The van der Waals surface area contributed by atoms with Gasteiger partial charge in [-0.1, -0.05) is 73.1 Å². The van der Waals surface area contributed by atoms with E-state index in [-0.39, 0.29) is 5.91 Å². The third-order valence-corrected chi connectivity index (χ3v) is 4.46. The van der Waals surface area contributed by atoms with Gasteiger partial charge in [0.2, 0.25) is 17.6 Å². The first-order chi connectivity index (χ1) is 14.0. The summed E-state index contributed by atoms with van der Waals surface area (Å²) in [5.74, 6) is 1.47. The highest BCUT2D eigenvalue weighted by atomic mass is 16.5. The summed E-state index contributed by atoms with van der Waals surface area (Å²) in [6.45, 7) is 7.44. The van der Waals surface area contributed by atoms with E-state index in [1.807, 2.05) is 72.5 Å². The number of hydrogen-bond acceptors (Lipinski definition) is 4. The molecule has 3 rings (SSSR count). The van der Waals surface area contributed by atoms with E-state index in [1.54, 1.807) is 6.08 Å². The molecule has 0 fully saturated rings. The topological polar surface area (TPSA) is 59.2 Å². The normalized spacial score (nSPS) is 11.3. The highest BCUT2D eigenvalue weighted by molar-refractivity contribution is 5.91. The van der Waals surface area contributed by atoms with E-state index in [2.05, 4.69) is 24.0 Å². The van der Waals surface area contributed by atoms with Crippen LogP contribution in [0.15, 0.2) is 65.2 Å². The minimum absolute atomic E-state index is 0.0130. The highest BCUT2D eigenvalue weighted by Crippen LogP contribution is 2.17. The van der Waals surface area contributed by atoms with Crippen molar-refractivity contribution in [3.63, 3.8) is 0 Å². The molecule has 0 spiro atoms. The summed E-state index contributed by atoms with van der Waals surface area (Å²) >= 11 is 0. The smallest absolute Gasteiger partial charge is 0.246 e. The molecule has 0 bridgehead atoms. The summed E-state index contributed by atoms with van der Waals surface area (Å²) in [6.07, 6.45) is 4.00. The number of carbonyl (C=O) groups is 1. The van der Waals surface area contributed by atoms with Crippen LogP contribution in [0.5, 0.6) is 0 Å². The third kappa shape index (κ3) is 6.14. The monoisotopic (exact) mass is 389 g/mol. The number of aromatic nitrogens is 2. The summed E-state index contributed by atoms with van der Waals surface area (Å²) < 4.78 is 5.41. The summed E-state index contributed by atoms with van der Waals surface area (Å²) in [4.78, 5) is 19.0. The maximum atomic E-state index is 12.7. The van der Waals surface area contributed by atoms with Crippen molar-refractivity contribution in [2.24, 2.45) is 5.92 Å². The SMILES string of the molecule is Cc1cccc(-c2noc(CCN(CC(C)C)C(=O)/C=C/c3ccccc3)n2)c1. The summed E-state index contributed by atoms with van der Waals surface area (Å²) in [5, 5.41) is 4.08. The Labute approximate surface area is 172 Å². The molecule has 0 N–H and O–H groups in total. The van der Waals surface area contributed by atoms with E-state index in [9.17, 15) is 4.79 Å². The third-order valence-electron chi connectivity index (χ3n) is 4.46. The molecule has 5 heteroatoms. The fourth-order valence-corrected chi connectivity index (χ4v) is 3.06. The van der Waals surface area contributed by atoms with Crippen molar-refractivity contribution >= 4 is 12.0 Å². The first-order valence-corrected chi connectivity index (χ1v) is 9.93. The Bertz CT molecular complexity index is 961. The number of rotatable bonds is 8. The Morgan fingerprint density at radius 2 is 1.93 bits per heavy atom. The van der Waals surface area contributed by atoms with E-state index in [0.717, 1.165) is 16.7 Å². The second-order valence-electron chi connectivity index (χ2n) is 7.55. The van der Waals surface area contributed by atoms with Crippen molar-refractivity contribution in [3.8, 4) is 11.4 Å². The standard InChI is InChI=1S/C24H27N3O2/c1-18(2)17-27(23(28)13-12-20-9-5-4-6-10-20)15-14-22-25-24(26-29-22)21-11-7-8-19(3)16-21/h4-13,16,18H,14-15,17H2,1-3H3/b13-12+. The van der Waals surface area contributed by atoms with Crippen molar-refractivity contribution < 1.29 is 9.32 Å². The van der Waals surface area contributed by atoms with Crippen LogP contribution in [0.1, 0.15) is 30.9 Å². The molecule has 0 saturated heterocycles. The van der Waals surface area contributed by atoms with Gasteiger partial charge in [0.25, 0.3) is 0 Å². The van der Waals surface area contributed by atoms with Crippen LogP contribution in [0.25, 0.3) is 17.5 Å². The molecule has 0 radical (unpaired) electrons. The molecule has 0 atom stereocenters. The van der Waals surface area contributed by atoms with Gasteiger partial charge in [0, 0.05) is 31.1 Å². The lowest BCUT2D eigenvalue weighted by Gasteiger charge is -2.22. The zero-order valence-electron chi connectivity index (χ0n) is 17.2. The van der Waals surface area contributed by atoms with Gasteiger partial charge in [0.05, 0.1) is 0 Å². The Kier molecular flexibility index (Phi) is 6.95. The second-order valence-corrected chi connectivity index (χ2v) is 7.55. The first kappa shape index (κ1) is 20.5. The molecule has 0 aliphatic heterocycles. The average molecular weight is 389 g/mol. The number of carbonyl (C=O) groups excluding carboxylic acids is 1. The summed E-state index contributed by atoms with van der Waals surface area (Å²) in [5.41, 5.74) is 3.08. The van der Waals surface area contributed by atoms with Crippen LogP contribution in [0, 0.1) is 12.8 Å². The van der Waals surface area contributed by atoms with Gasteiger partial charge in [-0.05, 0) is 30.5 Å². The maximum absolute atomic E-state index is 12.7. The van der Waals surface area contributed by atoms with Gasteiger partial charge in [-0.3, -0.25) is 4.79 Å². The number of hydrogen-bond donors (Lipinski definition) is 0. The van der Waals surface area contributed by atoms with E-state index < -0.39 is 0 Å². The molecule has 1 amide bonds. The molecule has 2 aromatic carbocycles. The minimum Gasteiger partial charge on any atom is -0.339 e.